The van der Waals surface area contributed by atoms with E-state index in [4.69, 9.17) is 5.73 Å². The van der Waals surface area contributed by atoms with Crippen LogP contribution in [0.4, 0.5) is 0 Å². The monoisotopic (exact) mass is 256 g/mol. The van der Waals surface area contributed by atoms with Gasteiger partial charge in [-0.2, -0.15) is 0 Å². The summed E-state index contributed by atoms with van der Waals surface area (Å²) in [7, 11) is 0. The van der Waals surface area contributed by atoms with Crippen LogP contribution in [0.15, 0.2) is 0 Å². The van der Waals surface area contributed by atoms with Crippen molar-refractivity contribution in [3.8, 4) is 0 Å². The second-order valence-corrected chi connectivity index (χ2v) is 4.41. The molecular formula is C11H26Cl2N2. The minimum atomic E-state index is 0. The van der Waals surface area contributed by atoms with E-state index in [9.17, 15) is 0 Å². The third-order valence-electron chi connectivity index (χ3n) is 3.04. The molecule has 4 heteroatoms. The van der Waals surface area contributed by atoms with E-state index in [1.165, 1.54) is 38.5 Å². The first kappa shape index (κ1) is 17.9. The Balaban J connectivity index is 0. The Bertz CT molecular complexity index is 145. The molecule has 1 fully saturated rings. The van der Waals surface area contributed by atoms with Crippen LogP contribution in [-0.2, 0) is 0 Å². The van der Waals surface area contributed by atoms with Gasteiger partial charge in [-0.3, -0.25) is 0 Å². The Morgan fingerprint density at radius 2 is 1.87 bits per heavy atom. The minimum Gasteiger partial charge on any atom is -0.326 e. The molecule has 1 aliphatic carbocycles. The highest BCUT2D eigenvalue weighted by Crippen LogP contribution is 2.17. The van der Waals surface area contributed by atoms with Gasteiger partial charge in [-0.05, 0) is 26.2 Å². The van der Waals surface area contributed by atoms with E-state index in [0.717, 1.165) is 0 Å². The average molecular weight is 257 g/mol. The van der Waals surface area contributed by atoms with Crippen molar-refractivity contribution < 1.29 is 0 Å². The summed E-state index contributed by atoms with van der Waals surface area (Å²) < 4.78 is 0. The van der Waals surface area contributed by atoms with Crippen molar-refractivity contribution in [1.82, 2.24) is 5.32 Å². The predicted octanol–water partition coefficient (Wildman–Crippen LogP) is 2.88. The summed E-state index contributed by atoms with van der Waals surface area (Å²) in [6.45, 7) is 4.50. The lowest BCUT2D eigenvalue weighted by Crippen LogP contribution is -2.50. The standard InChI is InChI=1S/C11H24N2.2ClH/c1-3-6-9(2)13-11-8-5-4-7-10(11)12;;/h9-11,13H,3-8,12H2,1-2H3;2*1H/t9?,10-,11-;;/m1../s1. The van der Waals surface area contributed by atoms with Crippen LogP contribution in [0.1, 0.15) is 52.4 Å². The van der Waals surface area contributed by atoms with Gasteiger partial charge in [0.2, 0.25) is 0 Å². The van der Waals surface area contributed by atoms with E-state index < -0.39 is 0 Å². The van der Waals surface area contributed by atoms with E-state index >= 15 is 0 Å². The fourth-order valence-corrected chi connectivity index (χ4v) is 2.25. The molecule has 15 heavy (non-hydrogen) atoms. The van der Waals surface area contributed by atoms with Gasteiger partial charge in [0.15, 0.2) is 0 Å². The summed E-state index contributed by atoms with van der Waals surface area (Å²) >= 11 is 0. The highest BCUT2D eigenvalue weighted by Gasteiger charge is 2.22. The molecule has 0 aromatic carbocycles. The zero-order chi connectivity index (χ0) is 9.68. The van der Waals surface area contributed by atoms with E-state index in [1.807, 2.05) is 0 Å². The molecule has 1 unspecified atom stereocenters. The van der Waals surface area contributed by atoms with Gasteiger partial charge in [0.1, 0.15) is 0 Å². The van der Waals surface area contributed by atoms with Crippen LogP contribution in [0, 0.1) is 0 Å². The smallest absolute Gasteiger partial charge is 0.0221 e. The molecule has 0 spiro atoms. The molecule has 0 aliphatic heterocycles. The number of hydrogen-bond acceptors (Lipinski definition) is 2. The van der Waals surface area contributed by atoms with Crippen molar-refractivity contribution in [1.29, 1.82) is 0 Å². The van der Waals surface area contributed by atoms with Crippen molar-refractivity contribution in [2.75, 3.05) is 0 Å². The molecular weight excluding hydrogens is 231 g/mol. The summed E-state index contributed by atoms with van der Waals surface area (Å²) in [4.78, 5) is 0. The number of nitrogens with two attached hydrogens (primary N) is 1. The van der Waals surface area contributed by atoms with Crippen molar-refractivity contribution in [3.05, 3.63) is 0 Å². The third kappa shape index (κ3) is 6.62. The fourth-order valence-electron chi connectivity index (χ4n) is 2.25. The van der Waals surface area contributed by atoms with Crippen LogP contribution in [0.25, 0.3) is 0 Å². The summed E-state index contributed by atoms with van der Waals surface area (Å²) in [5.74, 6) is 0. The molecule has 1 saturated carbocycles. The first-order valence-electron chi connectivity index (χ1n) is 5.75. The van der Waals surface area contributed by atoms with Gasteiger partial charge in [0.25, 0.3) is 0 Å². The lowest BCUT2D eigenvalue weighted by atomic mass is 9.90. The van der Waals surface area contributed by atoms with Gasteiger partial charge in [-0.25, -0.2) is 0 Å². The second kappa shape index (κ2) is 9.71. The van der Waals surface area contributed by atoms with Gasteiger partial charge in [0, 0.05) is 18.1 Å². The Hall–Kier alpha value is 0.500. The predicted molar refractivity (Wildman–Crippen MR) is 72.2 cm³/mol. The van der Waals surface area contributed by atoms with Crippen LogP contribution in [0.5, 0.6) is 0 Å². The molecule has 0 saturated heterocycles. The Morgan fingerprint density at radius 3 is 2.40 bits per heavy atom. The molecule has 0 radical (unpaired) electrons. The number of hydrogen-bond donors (Lipinski definition) is 2. The average Bonchev–Trinajstić information content (AvgIpc) is 2.09. The van der Waals surface area contributed by atoms with Gasteiger partial charge in [0.05, 0.1) is 0 Å². The maximum Gasteiger partial charge on any atom is 0.0221 e. The van der Waals surface area contributed by atoms with Crippen LogP contribution in [0.3, 0.4) is 0 Å². The molecule has 0 bridgehead atoms. The SMILES string of the molecule is CCCC(C)N[C@@H]1CCCC[C@H]1N.Cl.Cl. The molecule has 3 atom stereocenters. The molecule has 0 heterocycles. The topological polar surface area (TPSA) is 38.0 Å². The van der Waals surface area contributed by atoms with E-state index in [-0.39, 0.29) is 24.8 Å². The zero-order valence-electron chi connectivity index (χ0n) is 9.87. The summed E-state index contributed by atoms with van der Waals surface area (Å²) in [6, 6.07) is 1.61. The molecule has 1 aliphatic rings. The Morgan fingerprint density at radius 1 is 1.27 bits per heavy atom. The quantitative estimate of drug-likeness (QED) is 0.812. The van der Waals surface area contributed by atoms with Crippen molar-refractivity contribution >= 4 is 24.8 Å². The van der Waals surface area contributed by atoms with Gasteiger partial charge in [-0.15, -0.1) is 24.8 Å². The second-order valence-electron chi connectivity index (χ2n) is 4.41. The highest BCUT2D eigenvalue weighted by molar-refractivity contribution is 5.85. The summed E-state index contributed by atoms with van der Waals surface area (Å²) in [5.41, 5.74) is 6.06. The van der Waals surface area contributed by atoms with Crippen LogP contribution < -0.4 is 11.1 Å². The lowest BCUT2D eigenvalue weighted by Gasteiger charge is -2.32. The van der Waals surface area contributed by atoms with Crippen LogP contribution in [-0.4, -0.2) is 18.1 Å². The molecule has 0 aromatic rings. The van der Waals surface area contributed by atoms with Crippen LogP contribution in [0.2, 0.25) is 0 Å². The third-order valence-corrected chi connectivity index (χ3v) is 3.04. The van der Waals surface area contributed by atoms with Gasteiger partial charge >= 0.3 is 0 Å². The molecule has 2 nitrogen and oxygen atoms in total. The number of nitrogens with one attached hydrogen (secondary N) is 1. The highest BCUT2D eigenvalue weighted by atomic mass is 35.5. The Labute approximate surface area is 107 Å². The minimum absolute atomic E-state index is 0. The van der Waals surface area contributed by atoms with Gasteiger partial charge in [-0.1, -0.05) is 26.2 Å². The molecule has 0 amide bonds. The molecule has 0 aromatic heterocycles. The summed E-state index contributed by atoms with van der Waals surface area (Å²) in [5, 5.41) is 3.64. The fraction of sp³-hybridized carbons (Fsp3) is 1.00. The molecule has 94 valence electrons. The summed E-state index contributed by atoms with van der Waals surface area (Å²) in [6.07, 6.45) is 7.68. The normalized spacial score (nSPS) is 27.4. The maximum atomic E-state index is 6.06. The maximum absolute atomic E-state index is 6.06. The van der Waals surface area contributed by atoms with E-state index in [1.54, 1.807) is 0 Å². The van der Waals surface area contributed by atoms with E-state index in [0.29, 0.717) is 18.1 Å². The number of rotatable bonds is 4. The zero-order valence-corrected chi connectivity index (χ0v) is 11.5. The van der Waals surface area contributed by atoms with Crippen molar-refractivity contribution in [3.63, 3.8) is 0 Å². The van der Waals surface area contributed by atoms with Gasteiger partial charge < -0.3 is 11.1 Å². The van der Waals surface area contributed by atoms with Crippen LogP contribution >= 0.6 is 24.8 Å². The molecule has 1 rings (SSSR count). The Kier molecular flexibility index (Phi) is 11.6. The largest absolute Gasteiger partial charge is 0.326 e. The van der Waals surface area contributed by atoms with E-state index in [2.05, 4.69) is 19.2 Å². The first-order chi connectivity index (χ1) is 6.24. The van der Waals surface area contributed by atoms with Crippen molar-refractivity contribution in [2.45, 2.75) is 70.5 Å². The molecule has 3 N–H and O–H groups in total. The van der Waals surface area contributed by atoms with Crippen molar-refractivity contribution in [2.24, 2.45) is 5.73 Å². The number of halogens is 2. The lowest BCUT2D eigenvalue weighted by molar-refractivity contribution is 0.299. The first-order valence-corrected chi connectivity index (χ1v) is 5.75.